The van der Waals surface area contributed by atoms with Crippen LogP contribution < -0.4 is 18.9 Å². The average Bonchev–Trinajstić information content (AvgIpc) is 0.746. The molecule has 77 nitrogen and oxygen atoms in total. The van der Waals surface area contributed by atoms with Crippen LogP contribution in [0.2, 0.25) is 0 Å². The highest BCUT2D eigenvalue weighted by molar-refractivity contribution is 7.85. The molecule has 38 atom stereocenters. The van der Waals surface area contributed by atoms with Crippen LogP contribution in [0.15, 0.2) is 11.8 Å². The van der Waals surface area contributed by atoms with Crippen LogP contribution in [0.1, 0.15) is 0 Å². The zero-order valence-electron chi connectivity index (χ0n) is 65.1. The fraction of sp³-hybridized carbons (Fsp3) is 0.875. The van der Waals surface area contributed by atoms with Crippen molar-refractivity contribution in [3.8, 4) is 0 Å². The molecule has 0 amide bonds. The van der Waals surface area contributed by atoms with Gasteiger partial charge < -0.3 is 143 Å². The van der Waals surface area contributed by atoms with Crippen molar-refractivity contribution in [2.24, 2.45) is 0 Å². The lowest BCUT2D eigenvalue weighted by atomic mass is 9.94. The molecule has 7 saturated heterocycles. The Bertz CT molecular complexity index is 5620. The fourth-order valence-electron chi connectivity index (χ4n) is 13.6. The predicted octanol–water partition coefficient (Wildman–Crippen LogP) is -20.5. The standard InChI is InChI=1S/C48H76N4O73S11/c53-6-1-7(37(62)63)109-46(24(6)123-134(95,96)97)114-26-9(3-105-131(86,87)88)111-43(14(17(26)55)51-128(77,78)79)118-30-22(60)33(125-136(101,102)103)48(122-35(30)39(66)67)116-28-11(5-107-133(92,93)94)112-44(15(19(28)57)52-129(80,81)82)119-31-23(61)32(124-135(98,99)100)47(121-36(31)40(68)69)115-27-10(4-106-132(89,90)91)110-42(13(18(27)56)50-127(74,75)76)117-29-20(58)21(59)45(120-34(29)38(64)65)113-25-8(2-104-130(83,84)85)108-41(70)12(16(25)54)49-126(71,72)73/h1,6,8-36,41-61,70H,2-5H2,(H,62,63)(H,64,65)(H,66,67)(H,68,69)(H,71,72,73)(H,74,75,76)(H,77,78,79)(H,80,81,82)(H,83,84,85)(H,86,87,88)(H,89,90,91)(H,92,93,94)(H,95,96,97)(H,98,99,100)(H,101,102,103)/t6-,8+,9+,10+,11+,12+,13+,14+,15+,16+,17+,18+,19+,20+,21+,22-,23-,24+,25+,26+,27+,28+,29-,30-,31-,32+,33+,34-,35+,36+,41-,42+,43+,44+,45+,46-,47+,48+/m0/s1. The maximum atomic E-state index is 13.4. The van der Waals surface area contributed by atoms with Gasteiger partial charge in [-0.1, -0.05) is 0 Å². The molecule has 0 aromatic heterocycles. The number of aliphatic carboxylic acids is 4. The first kappa shape index (κ1) is 116. The van der Waals surface area contributed by atoms with Crippen molar-refractivity contribution in [1.82, 2.24) is 18.9 Å². The molecule has 0 radical (unpaired) electrons. The van der Waals surface area contributed by atoms with E-state index in [9.17, 15) is 233 Å². The Morgan fingerprint density at radius 2 is 0.522 bits per heavy atom. The minimum absolute atomic E-state index is 0.167. The predicted molar refractivity (Wildman–Crippen MR) is 388 cm³/mol. The van der Waals surface area contributed by atoms with Gasteiger partial charge in [0.05, 0.1) is 26.4 Å². The molecular formula is C48H76N4O73S11. The van der Waals surface area contributed by atoms with Crippen molar-refractivity contribution in [3.63, 3.8) is 0 Å². The molecule has 8 aliphatic heterocycles. The number of carboxylic acid groups (broad SMARTS) is 4. The smallest absolute Gasteiger partial charge is 0.397 e. The summed E-state index contributed by atoms with van der Waals surface area (Å²) in [5.74, 6) is -11.4. The molecule has 29 N–H and O–H groups in total. The topological polar surface area (TPSA) is 1200 Å². The fourth-order valence-corrected chi connectivity index (χ4v) is 18.7. The molecular weight excluding hydrogens is 2150 g/mol. The summed E-state index contributed by atoms with van der Waals surface area (Å²) in [7, 11) is -66.2. The summed E-state index contributed by atoms with van der Waals surface area (Å²) in [6, 6.07) is -12.1. The van der Waals surface area contributed by atoms with E-state index < -0.39 is 403 Å². The summed E-state index contributed by atoms with van der Waals surface area (Å²) in [6.07, 6.45) is -106. The van der Waals surface area contributed by atoms with Crippen LogP contribution in [0.3, 0.4) is 0 Å². The number of ether oxygens (including phenoxy) is 15. The lowest BCUT2D eigenvalue weighted by Gasteiger charge is -2.50. The number of carboxylic acids is 4. The van der Waals surface area contributed by atoms with Gasteiger partial charge in [-0.05, 0) is 6.08 Å². The molecule has 7 fully saturated rings. The number of nitrogens with one attached hydrogen (secondary N) is 4. The first-order valence-corrected chi connectivity index (χ1v) is 50.7. The third kappa shape index (κ3) is 32.8. The lowest BCUT2D eigenvalue weighted by molar-refractivity contribution is -0.378. The van der Waals surface area contributed by atoms with Crippen molar-refractivity contribution in [3.05, 3.63) is 11.8 Å². The SMILES string of the molecule is O=C(O)C1=C[C@H](O)[C@@H](OS(=O)(=O)O)[C@H](O[C@H]2[C@H](O)[C@@H](NS(=O)(=O)O)[C@@H](O[C@H]3[C@H](O)[C@@H](OS(=O)(=O)O)[C@H](O[C@H]4[C@H](O)[C@@H](NS(=O)(=O)O)[C@@H](O[C@H]5[C@H](O)[C@@H](OS(=O)(=O)O)[C@H](O[C@H]6[C@H](O)[C@@H](NS(=O)(=O)O)[C@@H](O[C@H]7[C@H](O)[C@@H](O)[C@H](O[C@H]8[C@H](O)[C@@H](NS(=O)(=O)O)[C@@H](O)O[C@@H]8COS(=O)(=O)O)O[C@@H]7C(=O)O)O[C@@H]6COS(=O)(=O)O)O[C@H]5C(=O)O)O[C@@H]4COS(=O)(=O)O)O[C@H]3C(=O)O)O[C@@H]2COS(=O)(=O)O)O1. The van der Waals surface area contributed by atoms with E-state index in [4.69, 9.17) is 71.1 Å². The van der Waals surface area contributed by atoms with E-state index in [0.717, 1.165) is 14.2 Å². The summed E-state index contributed by atoms with van der Waals surface area (Å²) < 4.78 is 491. The van der Waals surface area contributed by atoms with Crippen molar-refractivity contribution >= 4 is 138 Å². The molecule has 0 unspecified atom stereocenters. The van der Waals surface area contributed by atoms with Crippen LogP contribution in [0.4, 0.5) is 0 Å². The van der Waals surface area contributed by atoms with Crippen LogP contribution in [-0.2, 0) is 234 Å². The quantitative estimate of drug-likeness (QED) is 0.0252. The number of aliphatic hydroxyl groups excluding tert-OH is 10. The molecule has 0 aromatic carbocycles. The number of carbonyl (C=O) groups is 4. The minimum Gasteiger partial charge on any atom is -0.479 e. The van der Waals surface area contributed by atoms with Crippen molar-refractivity contribution in [2.75, 3.05) is 26.4 Å². The maximum absolute atomic E-state index is 13.4. The van der Waals surface area contributed by atoms with Crippen LogP contribution >= 0.6 is 0 Å². The van der Waals surface area contributed by atoms with E-state index in [1.54, 1.807) is 0 Å². The zero-order chi connectivity index (χ0) is 103. The Kier molecular flexibility index (Phi) is 37.9. The number of rotatable bonds is 44. The van der Waals surface area contributed by atoms with Gasteiger partial charge >= 0.3 is 138 Å². The highest BCUT2D eigenvalue weighted by atomic mass is 32.3. The van der Waals surface area contributed by atoms with Crippen LogP contribution in [0.5, 0.6) is 0 Å². The van der Waals surface area contributed by atoms with Crippen molar-refractivity contribution < 1.29 is 334 Å². The van der Waals surface area contributed by atoms with Gasteiger partial charge in [-0.2, -0.15) is 111 Å². The van der Waals surface area contributed by atoms with E-state index in [1.807, 2.05) is 0 Å². The van der Waals surface area contributed by atoms with Gasteiger partial charge in [-0.15, -0.1) is 0 Å². The first-order chi connectivity index (χ1) is 61.7. The third-order valence-electron chi connectivity index (χ3n) is 18.8. The lowest BCUT2D eigenvalue weighted by Crippen LogP contribution is -2.71. The largest absolute Gasteiger partial charge is 0.479 e. The van der Waals surface area contributed by atoms with Crippen LogP contribution in [0.25, 0.3) is 0 Å². The van der Waals surface area contributed by atoms with Crippen molar-refractivity contribution in [1.29, 1.82) is 0 Å². The first-order valence-electron chi connectivity index (χ1n) is 35.4. The van der Waals surface area contributed by atoms with E-state index in [0.29, 0.717) is 0 Å². The van der Waals surface area contributed by atoms with Gasteiger partial charge in [0, 0.05) is 0 Å². The number of aliphatic hydroxyl groups is 10. The third-order valence-corrected chi connectivity index (χ3v) is 24.2. The normalized spacial score (nSPS) is 39.2. The Hall–Kier alpha value is -4.97. The van der Waals surface area contributed by atoms with Gasteiger partial charge in [0.15, 0.2) is 80.7 Å². The molecule has 792 valence electrons. The molecule has 8 heterocycles. The second kappa shape index (κ2) is 44.3. The molecule has 8 rings (SSSR count). The van der Waals surface area contributed by atoms with Crippen LogP contribution in [0, 0.1) is 0 Å². The average molecular weight is 2230 g/mol. The molecule has 136 heavy (non-hydrogen) atoms. The second-order valence-corrected chi connectivity index (χ2v) is 40.5. The summed E-state index contributed by atoms with van der Waals surface area (Å²) >= 11 is 0. The van der Waals surface area contributed by atoms with E-state index >= 15 is 0 Å². The molecule has 0 aromatic rings. The molecule has 0 aliphatic carbocycles. The Labute approximate surface area is 758 Å². The minimum atomic E-state index is -6.47. The second-order valence-electron chi connectivity index (χ2n) is 28.2. The van der Waals surface area contributed by atoms with Crippen molar-refractivity contribution in [2.45, 2.75) is 233 Å². The van der Waals surface area contributed by atoms with E-state index in [1.165, 1.54) is 4.72 Å². The highest BCUT2D eigenvalue weighted by Gasteiger charge is 2.64. The zero-order valence-corrected chi connectivity index (χ0v) is 74.1. The van der Waals surface area contributed by atoms with E-state index in [-0.39, 0.29) is 6.08 Å². The van der Waals surface area contributed by atoms with Gasteiger partial charge in [-0.25, -0.2) is 48.5 Å². The van der Waals surface area contributed by atoms with Gasteiger partial charge in [0.1, 0.15) is 146 Å². The number of hydrogen-bond donors (Lipinski definition) is 29. The van der Waals surface area contributed by atoms with Gasteiger partial charge in [0.2, 0.25) is 12.0 Å². The molecule has 8 aliphatic rings. The number of hydrogen-bond acceptors (Lipinski definition) is 58. The summed E-state index contributed by atoms with van der Waals surface area (Å²) in [6.45, 7) is -7.69. The maximum Gasteiger partial charge on any atom is 0.397 e. The summed E-state index contributed by atoms with van der Waals surface area (Å²) in [5, 5.41) is 157. The monoisotopic (exact) mass is 2230 g/mol. The molecule has 0 bridgehead atoms. The molecule has 0 saturated carbocycles. The highest BCUT2D eigenvalue weighted by Crippen LogP contribution is 2.42. The Morgan fingerprint density at radius 3 is 0.801 bits per heavy atom. The Balaban J connectivity index is 1.13. The molecule has 0 spiro atoms. The van der Waals surface area contributed by atoms with Crippen LogP contribution in [-0.4, -0.2) is 498 Å². The summed E-state index contributed by atoms with van der Waals surface area (Å²) in [4.78, 5) is 51.6. The van der Waals surface area contributed by atoms with Gasteiger partial charge in [-0.3, -0.25) is 50.1 Å². The van der Waals surface area contributed by atoms with E-state index in [2.05, 4.69) is 29.3 Å². The van der Waals surface area contributed by atoms with Gasteiger partial charge in [0.25, 0.3) is 0 Å². The Morgan fingerprint density at radius 1 is 0.272 bits per heavy atom. The summed E-state index contributed by atoms with van der Waals surface area (Å²) in [5.41, 5.74) is 0. The molecule has 88 heteroatoms.